The molecule has 1 N–H and O–H groups in total. The van der Waals surface area contributed by atoms with Gasteiger partial charge in [-0.2, -0.15) is 0 Å². The Hall–Kier alpha value is -2.10. The number of rotatable bonds is 4. The fourth-order valence-corrected chi connectivity index (χ4v) is 3.72. The molecule has 0 aliphatic carbocycles. The number of likely N-dealkylation sites (tertiary alicyclic amines) is 1. The van der Waals surface area contributed by atoms with Gasteiger partial charge in [-0.1, -0.05) is 48.5 Å². The first-order valence-electron chi connectivity index (χ1n) is 8.74. The van der Waals surface area contributed by atoms with Crippen LogP contribution < -0.4 is 0 Å². The van der Waals surface area contributed by atoms with Crippen LogP contribution in [0.2, 0.25) is 0 Å². The third kappa shape index (κ3) is 3.23. The van der Waals surface area contributed by atoms with Crippen LogP contribution in [0.25, 0.3) is 10.9 Å². The van der Waals surface area contributed by atoms with E-state index in [-0.39, 0.29) is 0 Å². The van der Waals surface area contributed by atoms with Crippen LogP contribution in [0.15, 0.2) is 66.9 Å². The van der Waals surface area contributed by atoms with Gasteiger partial charge in [0.15, 0.2) is 0 Å². The van der Waals surface area contributed by atoms with Gasteiger partial charge in [-0.25, -0.2) is 0 Å². The van der Waals surface area contributed by atoms with E-state index in [0.717, 1.165) is 32.5 Å². The first-order valence-corrected chi connectivity index (χ1v) is 8.74. The van der Waals surface area contributed by atoms with Crippen molar-refractivity contribution in [2.45, 2.75) is 31.5 Å². The summed E-state index contributed by atoms with van der Waals surface area (Å²) < 4.78 is 2.20. The number of nitrogens with zero attached hydrogens (tertiary/aromatic N) is 2. The molecular weight excluding hydrogens is 296 g/mol. The molecule has 1 fully saturated rings. The van der Waals surface area contributed by atoms with E-state index in [0.29, 0.717) is 6.54 Å². The molecular formula is C21H24N2O. The second-order valence-corrected chi connectivity index (χ2v) is 6.99. The highest BCUT2D eigenvalue weighted by molar-refractivity contribution is 5.79. The number of hydrogen-bond donors (Lipinski definition) is 1. The predicted molar refractivity (Wildman–Crippen MR) is 97.8 cm³/mol. The van der Waals surface area contributed by atoms with Crippen molar-refractivity contribution < 1.29 is 5.11 Å². The van der Waals surface area contributed by atoms with E-state index in [1.165, 1.54) is 16.5 Å². The maximum Gasteiger partial charge on any atom is 0.0850 e. The van der Waals surface area contributed by atoms with Gasteiger partial charge in [-0.3, -0.25) is 4.90 Å². The first kappa shape index (κ1) is 15.4. The van der Waals surface area contributed by atoms with Crippen LogP contribution in [0, 0.1) is 0 Å². The topological polar surface area (TPSA) is 28.4 Å². The van der Waals surface area contributed by atoms with Gasteiger partial charge in [-0.05, 0) is 35.9 Å². The molecule has 0 unspecified atom stereocenters. The van der Waals surface area contributed by atoms with E-state index >= 15 is 0 Å². The highest BCUT2D eigenvalue weighted by Crippen LogP contribution is 2.27. The summed E-state index contributed by atoms with van der Waals surface area (Å²) in [6, 6.07) is 21.1. The van der Waals surface area contributed by atoms with Crippen LogP contribution >= 0.6 is 0 Å². The van der Waals surface area contributed by atoms with Crippen LogP contribution in [-0.4, -0.2) is 33.3 Å². The van der Waals surface area contributed by atoms with Crippen LogP contribution in [0.4, 0.5) is 0 Å². The van der Waals surface area contributed by atoms with Crippen LogP contribution in [0.3, 0.4) is 0 Å². The molecule has 0 spiro atoms. The Balaban J connectivity index is 1.40. The van der Waals surface area contributed by atoms with Gasteiger partial charge in [0.25, 0.3) is 0 Å². The fraction of sp³-hybridized carbons (Fsp3) is 0.333. The van der Waals surface area contributed by atoms with Crippen molar-refractivity contribution in [1.82, 2.24) is 9.47 Å². The molecule has 124 valence electrons. The quantitative estimate of drug-likeness (QED) is 0.794. The van der Waals surface area contributed by atoms with E-state index in [4.69, 9.17) is 0 Å². The molecule has 0 amide bonds. The van der Waals surface area contributed by atoms with Crippen molar-refractivity contribution >= 4 is 10.9 Å². The zero-order valence-corrected chi connectivity index (χ0v) is 13.9. The van der Waals surface area contributed by atoms with Crippen LogP contribution in [0.5, 0.6) is 0 Å². The lowest BCUT2D eigenvalue weighted by Gasteiger charge is -2.38. The first-order chi connectivity index (χ1) is 11.7. The molecule has 3 heteroatoms. The summed E-state index contributed by atoms with van der Waals surface area (Å²) in [5.74, 6) is 0. The average molecular weight is 320 g/mol. The lowest BCUT2D eigenvalue weighted by atomic mass is 9.91. The monoisotopic (exact) mass is 320 g/mol. The Morgan fingerprint density at radius 2 is 1.58 bits per heavy atom. The van der Waals surface area contributed by atoms with Crippen molar-refractivity contribution in [1.29, 1.82) is 0 Å². The normalized spacial score (nSPS) is 18.0. The molecule has 3 aromatic rings. The number of aromatic nitrogens is 1. The number of piperidine rings is 1. The predicted octanol–water partition coefficient (Wildman–Crippen LogP) is 3.67. The number of fused-ring (bicyclic) bond motifs is 1. The van der Waals surface area contributed by atoms with E-state index in [9.17, 15) is 5.11 Å². The lowest BCUT2D eigenvalue weighted by molar-refractivity contribution is -0.0349. The van der Waals surface area contributed by atoms with Crippen molar-refractivity contribution in [3.63, 3.8) is 0 Å². The minimum Gasteiger partial charge on any atom is -0.388 e. The summed E-state index contributed by atoms with van der Waals surface area (Å²) in [5.41, 5.74) is 1.95. The Morgan fingerprint density at radius 3 is 2.38 bits per heavy atom. The Bertz CT molecular complexity index is 801. The minimum absolute atomic E-state index is 0.602. The van der Waals surface area contributed by atoms with Crippen LogP contribution in [0.1, 0.15) is 18.4 Å². The van der Waals surface area contributed by atoms with Gasteiger partial charge in [-0.15, -0.1) is 0 Å². The molecule has 1 aliphatic rings. The third-order valence-electron chi connectivity index (χ3n) is 5.18. The zero-order chi connectivity index (χ0) is 16.4. The second-order valence-electron chi connectivity index (χ2n) is 6.99. The number of aliphatic hydroxyl groups is 1. The number of para-hydroxylation sites is 1. The van der Waals surface area contributed by atoms with Crippen LogP contribution in [-0.2, 0) is 13.1 Å². The maximum atomic E-state index is 11.0. The molecule has 24 heavy (non-hydrogen) atoms. The fourth-order valence-electron chi connectivity index (χ4n) is 3.72. The molecule has 0 saturated carbocycles. The van der Waals surface area contributed by atoms with Gasteiger partial charge >= 0.3 is 0 Å². The summed E-state index contributed by atoms with van der Waals surface area (Å²) in [5, 5.41) is 12.3. The van der Waals surface area contributed by atoms with Gasteiger partial charge in [0.05, 0.1) is 12.1 Å². The Labute approximate surface area is 143 Å². The standard InChI is InChI=1S/C21H24N2O/c24-21(17-23-13-10-19-8-4-5-9-20(19)23)11-14-22(15-12-21)16-18-6-2-1-3-7-18/h1-10,13,24H,11-12,14-17H2. The zero-order valence-electron chi connectivity index (χ0n) is 13.9. The summed E-state index contributed by atoms with van der Waals surface area (Å²) in [4.78, 5) is 2.44. The van der Waals surface area contributed by atoms with Gasteiger partial charge < -0.3 is 9.67 Å². The molecule has 2 heterocycles. The SMILES string of the molecule is OC1(Cn2ccc3ccccc32)CCN(Cc2ccccc2)CC1. The van der Waals surface area contributed by atoms with Crippen molar-refractivity contribution in [2.75, 3.05) is 13.1 Å². The molecule has 0 radical (unpaired) electrons. The van der Waals surface area contributed by atoms with Crippen molar-refractivity contribution in [3.05, 3.63) is 72.4 Å². The highest BCUT2D eigenvalue weighted by Gasteiger charge is 2.32. The summed E-state index contributed by atoms with van der Waals surface area (Å²) in [6.07, 6.45) is 3.75. The smallest absolute Gasteiger partial charge is 0.0850 e. The lowest BCUT2D eigenvalue weighted by Crippen LogP contribution is -2.46. The van der Waals surface area contributed by atoms with E-state index in [1.54, 1.807) is 0 Å². The third-order valence-corrected chi connectivity index (χ3v) is 5.18. The maximum absolute atomic E-state index is 11.0. The second kappa shape index (κ2) is 6.42. The summed E-state index contributed by atoms with van der Waals surface area (Å²) >= 11 is 0. The van der Waals surface area contributed by atoms with E-state index in [1.807, 2.05) is 0 Å². The molecule has 3 nitrogen and oxygen atoms in total. The molecule has 4 rings (SSSR count). The van der Waals surface area contributed by atoms with Crippen molar-refractivity contribution in [2.24, 2.45) is 0 Å². The summed E-state index contributed by atoms with van der Waals surface area (Å²) in [6.45, 7) is 3.55. The minimum atomic E-state index is -0.602. The number of benzene rings is 2. The summed E-state index contributed by atoms with van der Waals surface area (Å²) in [7, 11) is 0. The van der Waals surface area contributed by atoms with Gasteiger partial charge in [0.2, 0.25) is 0 Å². The molecule has 1 aliphatic heterocycles. The molecule has 2 aromatic carbocycles. The number of hydrogen-bond acceptors (Lipinski definition) is 2. The molecule has 1 saturated heterocycles. The van der Waals surface area contributed by atoms with E-state index < -0.39 is 5.60 Å². The molecule has 0 bridgehead atoms. The van der Waals surface area contributed by atoms with Gasteiger partial charge in [0.1, 0.15) is 0 Å². The van der Waals surface area contributed by atoms with E-state index in [2.05, 4.69) is 76.3 Å². The largest absolute Gasteiger partial charge is 0.388 e. The van der Waals surface area contributed by atoms with Gasteiger partial charge in [0, 0.05) is 31.3 Å². The molecule has 0 atom stereocenters. The van der Waals surface area contributed by atoms with Crippen molar-refractivity contribution in [3.8, 4) is 0 Å². The Morgan fingerprint density at radius 1 is 0.875 bits per heavy atom. The average Bonchev–Trinajstić information content (AvgIpc) is 3.01. The highest BCUT2D eigenvalue weighted by atomic mass is 16.3. The molecule has 1 aromatic heterocycles. The Kier molecular flexibility index (Phi) is 4.13.